The lowest BCUT2D eigenvalue weighted by molar-refractivity contribution is -0.143. The fourth-order valence-electron chi connectivity index (χ4n) is 11.5. The topological polar surface area (TPSA) is 806 Å². The number of carboxylic acids is 1. The zero-order valence-electron chi connectivity index (χ0n) is 73.1. The fourth-order valence-corrected chi connectivity index (χ4v) is 11.9. The molecule has 1 aromatic rings. The summed E-state index contributed by atoms with van der Waals surface area (Å²) < 4.78 is 0. The number of amides is 18. The van der Waals surface area contributed by atoms with E-state index in [0.717, 1.165) is 34.6 Å². The summed E-state index contributed by atoms with van der Waals surface area (Å²) in [5.41, 5.74) is 22.2. The van der Waals surface area contributed by atoms with Gasteiger partial charge in [0.05, 0.1) is 37.4 Å². The van der Waals surface area contributed by atoms with E-state index >= 15 is 0 Å². The molecule has 21 atom stereocenters. The number of thiol groups is 2. The third kappa shape index (κ3) is 42.4. The number of benzene rings is 1. The van der Waals surface area contributed by atoms with E-state index in [-0.39, 0.29) is 81.6 Å². The molecule has 127 heavy (non-hydrogen) atoms. The van der Waals surface area contributed by atoms with Crippen LogP contribution in [0.1, 0.15) is 141 Å². The Kier molecular flexibility index (Phi) is 50.8. The SMILES string of the molecule is CC(C)C[C@H](NC(=O)[C@H](CCCNC(=N)N)NC(=O)[C@H](C)NC(=O)[C@@H](NC(=O)[C@H](C)NC(=O)[C@H](CS)NC(=O)[C@@H](NC(=O)[C@H](C)NC(=O)[C@@H](NC(=O)[C@H](CC(N)=O)NC(=O)[C@@H](N)CS)[C@@H](C)O)[C@@H](C)O)[C@@H](C)O)C(=O)N[C@@H](C)C(=O)N[C@@H](C)C(=O)N[C@@H](Cc1ccccc1)C(=O)N[C@@H](CC(C)C)C(=O)N[C@@H](C)C(=O)N[C@@H](CCCNC(=N)N)C(=O)N[C@@H](CO)C(=O)O. The molecule has 34 N–H and O–H groups in total. The molecule has 0 fully saturated rings. The molecular weight excluding hydrogens is 1710 g/mol. The molecule has 1 aromatic carbocycles. The molecule has 0 radical (unpaired) electrons. The summed E-state index contributed by atoms with van der Waals surface area (Å²) in [4.78, 5) is 256. The number of rotatable bonds is 57. The first-order chi connectivity index (χ1) is 59.2. The van der Waals surface area contributed by atoms with Crippen LogP contribution in [-0.2, 0) is 97.5 Å². The van der Waals surface area contributed by atoms with E-state index in [1.807, 2.05) is 0 Å². The molecule has 0 bridgehead atoms. The number of guanidine groups is 2. The molecule has 0 spiro atoms. The second-order valence-electron chi connectivity index (χ2n) is 31.1. The highest BCUT2D eigenvalue weighted by Gasteiger charge is 2.40. The van der Waals surface area contributed by atoms with E-state index in [1.165, 1.54) is 27.7 Å². The standard InChI is InChI=1S/C76H129N25O24S2/c1-32(2)25-47(66(116)86-34(5)57(107)85-35(6)60(110)93-49(27-43-19-15-14-16-20-43)68(118)96-48(26-33(3)4)67(117)87-36(7)58(108)92-46(22-18-24-84-76(81)82)65(115)97-51(29-102)74(124)125)95-64(114)45(21-17-23-83-75(79)80)91-59(109)37(8)89-71(121)54(40(11)103)99-61(111)38(9)88-70(120)52(31-127)98-73(123)56(42(13)105)100-62(112)39(10)90-72(122)55(41(12)104)101-69(119)50(28-53(78)106)94-63(113)44(77)30-126/h14-16,19-20,32-42,44-52,54-56,102-105,126-127H,17-18,21-31,77H2,1-13H3,(H2,78,106)(H,85,107)(H,86,116)(H,87,117)(H,88,120)(H,89,121)(H,90,122)(H,91,109)(H,92,108)(H,93,110)(H,94,113)(H,95,114)(H,96,118)(H,97,115)(H,98,123)(H,99,111)(H,100,112)(H,101,119)(H,124,125)(H4,79,80,83)(H4,81,82,84)/t34-,35-,36-,37-,38-,39-,40+,41+,42+,44-,45-,46-,47-,48-,49-,50-,51-,52-,54-,55-,56-/m0/s1. The lowest BCUT2D eigenvalue weighted by Crippen LogP contribution is -2.63. The van der Waals surface area contributed by atoms with Crippen LogP contribution in [0.4, 0.5) is 0 Å². The van der Waals surface area contributed by atoms with Crippen molar-refractivity contribution in [3.63, 3.8) is 0 Å². The van der Waals surface area contributed by atoms with Gasteiger partial charge in [-0.2, -0.15) is 25.3 Å². The molecule has 0 aliphatic heterocycles. The van der Waals surface area contributed by atoms with Gasteiger partial charge in [-0.15, -0.1) is 0 Å². The normalized spacial score (nSPS) is 16.1. The van der Waals surface area contributed by atoms with E-state index < -0.39 is 264 Å². The molecule has 51 heteroatoms. The minimum atomic E-state index is -1.86. The van der Waals surface area contributed by atoms with Gasteiger partial charge in [-0.25, -0.2) is 4.79 Å². The van der Waals surface area contributed by atoms with Crippen LogP contribution in [0.5, 0.6) is 0 Å². The maximum atomic E-state index is 14.4. The first kappa shape index (κ1) is 113. The zero-order chi connectivity index (χ0) is 97.1. The Morgan fingerprint density at radius 1 is 0.346 bits per heavy atom. The van der Waals surface area contributed by atoms with Crippen molar-refractivity contribution in [2.24, 2.45) is 34.8 Å². The van der Waals surface area contributed by atoms with E-state index in [0.29, 0.717) is 5.56 Å². The van der Waals surface area contributed by atoms with Crippen LogP contribution in [0, 0.1) is 22.7 Å². The van der Waals surface area contributed by atoms with Crippen molar-refractivity contribution in [3.8, 4) is 0 Å². The summed E-state index contributed by atoms with van der Waals surface area (Å²) >= 11 is 8.02. The van der Waals surface area contributed by atoms with Crippen LogP contribution in [0.3, 0.4) is 0 Å². The van der Waals surface area contributed by atoms with Gasteiger partial charge in [0, 0.05) is 31.0 Å². The second kappa shape index (κ2) is 57.0. The number of nitrogens with two attached hydrogens (primary N) is 4. The number of aliphatic hydroxyl groups is 4. The van der Waals surface area contributed by atoms with E-state index in [1.54, 1.807) is 58.0 Å². The van der Waals surface area contributed by atoms with Gasteiger partial charge < -0.3 is 149 Å². The number of nitrogens with one attached hydrogen (secondary N) is 21. The minimum absolute atomic E-state index is 0.00708. The van der Waals surface area contributed by atoms with Crippen molar-refractivity contribution < 1.29 is 117 Å². The Labute approximate surface area is 745 Å². The molecule has 0 unspecified atom stereocenters. The van der Waals surface area contributed by atoms with Crippen LogP contribution in [0.2, 0.25) is 0 Å². The number of primary amides is 1. The van der Waals surface area contributed by atoms with Gasteiger partial charge >= 0.3 is 5.97 Å². The largest absolute Gasteiger partial charge is 0.480 e. The lowest BCUT2D eigenvalue weighted by atomic mass is 10.0. The number of hydrogen-bond acceptors (Lipinski definition) is 28. The summed E-state index contributed by atoms with van der Waals surface area (Å²) in [6.45, 7) is 16.4. The van der Waals surface area contributed by atoms with Crippen LogP contribution in [0.15, 0.2) is 30.3 Å². The Bertz CT molecular complexity index is 3960. The highest BCUT2D eigenvalue weighted by molar-refractivity contribution is 7.80. The van der Waals surface area contributed by atoms with Gasteiger partial charge in [-0.1, -0.05) is 58.0 Å². The maximum Gasteiger partial charge on any atom is 0.328 e. The van der Waals surface area contributed by atoms with Crippen LogP contribution in [0.25, 0.3) is 0 Å². The van der Waals surface area contributed by atoms with E-state index in [9.17, 15) is 117 Å². The molecule has 49 nitrogen and oxygen atoms in total. The first-order valence-electron chi connectivity index (χ1n) is 40.7. The molecule has 0 heterocycles. The average Bonchev–Trinajstić information content (AvgIpc) is 0.873. The quantitative estimate of drug-likeness (QED) is 0.0125. The van der Waals surface area contributed by atoms with Gasteiger partial charge in [0.1, 0.15) is 103 Å². The highest BCUT2D eigenvalue weighted by atomic mass is 32.1. The lowest BCUT2D eigenvalue weighted by Gasteiger charge is -2.28. The molecule has 1 rings (SSSR count). The van der Waals surface area contributed by atoms with Crippen molar-refractivity contribution >= 4 is 149 Å². The van der Waals surface area contributed by atoms with Crippen LogP contribution < -0.4 is 124 Å². The Morgan fingerprint density at radius 3 is 0.953 bits per heavy atom. The Hall–Kier alpha value is -11.8. The predicted molar refractivity (Wildman–Crippen MR) is 463 cm³/mol. The Balaban J connectivity index is 3.31. The molecule has 0 aromatic heterocycles. The second-order valence-corrected chi connectivity index (χ2v) is 31.9. The smallest absolute Gasteiger partial charge is 0.328 e. The summed E-state index contributed by atoms with van der Waals surface area (Å²) in [5, 5.41) is 111. The Morgan fingerprint density at radius 2 is 0.622 bits per heavy atom. The van der Waals surface area contributed by atoms with Gasteiger partial charge in [-0.05, 0) is 118 Å². The van der Waals surface area contributed by atoms with Gasteiger partial charge in [0.25, 0.3) is 0 Å². The molecular formula is C76H129N25O24S2. The summed E-state index contributed by atoms with van der Waals surface area (Å²) in [5.74, 6) is -22.0. The van der Waals surface area contributed by atoms with Crippen LogP contribution in [-0.4, -0.2) is 308 Å². The number of carbonyl (C=O) groups excluding carboxylic acids is 18. The third-order valence-electron chi connectivity index (χ3n) is 18.7. The monoisotopic (exact) mass is 1840 g/mol. The molecule has 714 valence electrons. The van der Waals surface area contributed by atoms with E-state index in [4.69, 9.17) is 33.8 Å². The van der Waals surface area contributed by atoms with Crippen molar-refractivity contribution in [1.29, 1.82) is 10.8 Å². The molecule has 0 saturated carbocycles. The highest BCUT2D eigenvalue weighted by Crippen LogP contribution is 2.13. The van der Waals surface area contributed by atoms with Crippen molar-refractivity contribution in [1.82, 2.24) is 101 Å². The van der Waals surface area contributed by atoms with Crippen molar-refractivity contribution in [3.05, 3.63) is 35.9 Å². The van der Waals surface area contributed by atoms with Crippen molar-refractivity contribution in [2.45, 2.75) is 268 Å². The molecule has 0 aliphatic carbocycles. The number of carbonyl (C=O) groups is 19. The molecule has 18 amide bonds. The number of aliphatic hydroxyl groups excluding tert-OH is 4. The molecule has 0 saturated heterocycles. The van der Waals surface area contributed by atoms with Gasteiger partial charge in [0.2, 0.25) is 106 Å². The zero-order valence-corrected chi connectivity index (χ0v) is 74.8. The number of carboxylic acid groups (broad SMARTS) is 1. The predicted octanol–water partition coefficient (Wildman–Crippen LogP) is -11.5. The third-order valence-corrected chi connectivity index (χ3v) is 19.5. The van der Waals surface area contributed by atoms with Gasteiger partial charge in [0.15, 0.2) is 11.9 Å². The minimum Gasteiger partial charge on any atom is -0.480 e. The fraction of sp³-hybridized carbons (Fsp3) is 0.645. The van der Waals surface area contributed by atoms with Crippen molar-refractivity contribution in [2.75, 3.05) is 31.2 Å². The molecule has 0 aliphatic rings. The summed E-state index contributed by atoms with van der Waals surface area (Å²) in [6, 6.07) is -19.6. The number of aliphatic carboxylic acids is 1. The van der Waals surface area contributed by atoms with E-state index in [2.05, 4.69) is 126 Å². The number of hydrogen-bond donors (Lipinski definition) is 32. The van der Waals surface area contributed by atoms with Crippen LogP contribution >= 0.6 is 25.3 Å². The summed E-state index contributed by atoms with van der Waals surface area (Å²) in [7, 11) is 0. The maximum absolute atomic E-state index is 14.4. The first-order valence-corrected chi connectivity index (χ1v) is 42.0. The van der Waals surface area contributed by atoms with Gasteiger partial charge in [-0.3, -0.25) is 97.1 Å². The summed E-state index contributed by atoms with van der Waals surface area (Å²) in [6.07, 6.45) is -6.24. The average molecular weight is 1840 g/mol.